The second kappa shape index (κ2) is 11.0. The first-order valence-electron chi connectivity index (χ1n) is 9.30. The normalized spacial score (nSPS) is 18.1. The third kappa shape index (κ3) is 6.05. The first kappa shape index (κ1) is 22.9. The quantitative estimate of drug-likeness (QED) is 0.565. The van der Waals surface area contributed by atoms with Gasteiger partial charge in [0.1, 0.15) is 5.75 Å². The van der Waals surface area contributed by atoms with Gasteiger partial charge >= 0.3 is 17.9 Å². The molecule has 2 aromatic rings. The van der Waals surface area contributed by atoms with E-state index >= 15 is 0 Å². The minimum absolute atomic E-state index is 0.0808. The number of nitrogens with zero attached hydrogens (tertiary/aromatic N) is 1. The van der Waals surface area contributed by atoms with Crippen molar-refractivity contribution in [3.8, 4) is 5.75 Å². The number of esters is 1. The van der Waals surface area contributed by atoms with E-state index in [2.05, 4.69) is 17.0 Å². The molecule has 2 aromatic carbocycles. The number of hydrogen-bond donors (Lipinski definition) is 2. The molecule has 0 aliphatic carbocycles. The lowest BCUT2D eigenvalue weighted by atomic mass is 9.88. The number of para-hydroxylation sites is 1. The van der Waals surface area contributed by atoms with Gasteiger partial charge in [0, 0.05) is 25.6 Å². The Hall–Kier alpha value is -3.39. The predicted octanol–water partition coefficient (Wildman–Crippen LogP) is 2.24. The highest BCUT2D eigenvalue weighted by Gasteiger charge is 2.40. The number of aliphatic carboxylic acids is 2. The molecule has 0 unspecified atom stereocenters. The van der Waals surface area contributed by atoms with E-state index in [1.165, 1.54) is 12.7 Å². The van der Waals surface area contributed by atoms with Crippen molar-refractivity contribution < 1.29 is 34.1 Å². The van der Waals surface area contributed by atoms with E-state index < -0.39 is 11.9 Å². The maximum atomic E-state index is 12.3. The molecule has 0 bridgehead atoms. The van der Waals surface area contributed by atoms with Gasteiger partial charge in [0.15, 0.2) is 0 Å². The molecule has 2 atom stereocenters. The second-order valence-corrected chi connectivity index (χ2v) is 6.77. The van der Waals surface area contributed by atoms with Crippen molar-refractivity contribution in [2.75, 3.05) is 27.3 Å². The summed E-state index contributed by atoms with van der Waals surface area (Å²) in [6.07, 6.45) is 0. The fourth-order valence-corrected chi connectivity index (χ4v) is 3.53. The van der Waals surface area contributed by atoms with Crippen molar-refractivity contribution in [3.63, 3.8) is 0 Å². The topological polar surface area (TPSA) is 113 Å². The SMILES string of the molecule is COC(=O)[C@@H]1CN(Cc2ccccc2)C[C@H]1c1ccccc1OC.O=C(O)C(=O)O. The van der Waals surface area contributed by atoms with Crippen molar-refractivity contribution in [2.45, 2.75) is 12.5 Å². The second-order valence-electron chi connectivity index (χ2n) is 6.77. The highest BCUT2D eigenvalue weighted by Crippen LogP contribution is 2.38. The first-order valence-corrected chi connectivity index (χ1v) is 9.30. The Bertz CT molecular complexity index is 857. The van der Waals surface area contributed by atoms with Crippen LogP contribution in [0.2, 0.25) is 0 Å². The van der Waals surface area contributed by atoms with Crippen LogP contribution in [0.15, 0.2) is 54.6 Å². The van der Waals surface area contributed by atoms with Crippen molar-refractivity contribution in [1.29, 1.82) is 0 Å². The molecule has 1 aliphatic rings. The highest BCUT2D eigenvalue weighted by molar-refractivity contribution is 6.27. The summed E-state index contributed by atoms with van der Waals surface area (Å²) in [7, 11) is 3.13. The van der Waals surface area contributed by atoms with Gasteiger partial charge in [-0.05, 0) is 17.2 Å². The molecule has 0 radical (unpaired) electrons. The highest BCUT2D eigenvalue weighted by atomic mass is 16.5. The molecule has 160 valence electrons. The van der Waals surface area contributed by atoms with Crippen LogP contribution in [0.3, 0.4) is 0 Å². The zero-order chi connectivity index (χ0) is 22.1. The van der Waals surface area contributed by atoms with E-state index in [0.29, 0.717) is 6.54 Å². The Balaban J connectivity index is 0.000000469. The standard InChI is InChI=1S/C20H23NO3.C2H2O4/c1-23-19-11-7-6-10-16(19)17-13-21(14-18(17)20(22)24-2)12-15-8-4-3-5-9-15;3-1(4)2(5)6/h3-11,17-18H,12-14H2,1-2H3;(H,3,4)(H,5,6)/t17-,18+;/m0./s1. The minimum Gasteiger partial charge on any atom is -0.496 e. The fourth-order valence-electron chi connectivity index (χ4n) is 3.53. The molecule has 0 aromatic heterocycles. The Kier molecular flexibility index (Phi) is 8.37. The van der Waals surface area contributed by atoms with Gasteiger partial charge in [-0.1, -0.05) is 48.5 Å². The Labute approximate surface area is 174 Å². The van der Waals surface area contributed by atoms with Gasteiger partial charge < -0.3 is 19.7 Å². The molecule has 1 saturated heterocycles. The lowest BCUT2D eigenvalue weighted by molar-refractivity contribution is -0.159. The maximum absolute atomic E-state index is 12.3. The maximum Gasteiger partial charge on any atom is 0.414 e. The van der Waals surface area contributed by atoms with Crippen molar-refractivity contribution in [3.05, 3.63) is 65.7 Å². The van der Waals surface area contributed by atoms with Gasteiger partial charge in [0.2, 0.25) is 0 Å². The summed E-state index contributed by atoms with van der Waals surface area (Å²) in [5.74, 6) is -3.06. The number of carboxylic acids is 2. The van der Waals surface area contributed by atoms with Crippen LogP contribution >= 0.6 is 0 Å². The van der Waals surface area contributed by atoms with Crippen molar-refractivity contribution in [2.24, 2.45) is 5.92 Å². The zero-order valence-electron chi connectivity index (χ0n) is 16.9. The number of carboxylic acid groups (broad SMARTS) is 2. The average Bonchev–Trinajstić information content (AvgIpc) is 3.17. The molecule has 1 heterocycles. The van der Waals surface area contributed by atoms with E-state index in [9.17, 15) is 4.79 Å². The molecule has 0 spiro atoms. The monoisotopic (exact) mass is 415 g/mol. The van der Waals surface area contributed by atoms with Gasteiger partial charge in [-0.3, -0.25) is 9.69 Å². The van der Waals surface area contributed by atoms with Crippen LogP contribution < -0.4 is 4.74 Å². The summed E-state index contributed by atoms with van der Waals surface area (Å²) in [6.45, 7) is 2.35. The number of carbonyl (C=O) groups excluding carboxylic acids is 1. The minimum atomic E-state index is -1.82. The summed E-state index contributed by atoms with van der Waals surface area (Å²) in [5.41, 5.74) is 2.33. The van der Waals surface area contributed by atoms with E-state index in [-0.39, 0.29) is 17.8 Å². The average molecular weight is 415 g/mol. The van der Waals surface area contributed by atoms with E-state index in [1.54, 1.807) is 7.11 Å². The Morgan fingerprint density at radius 3 is 2.10 bits per heavy atom. The van der Waals surface area contributed by atoms with Crippen LogP contribution in [0.25, 0.3) is 0 Å². The molecule has 0 saturated carbocycles. The molecule has 1 aliphatic heterocycles. The largest absolute Gasteiger partial charge is 0.496 e. The van der Waals surface area contributed by atoms with E-state index in [1.807, 2.05) is 42.5 Å². The molecule has 8 heteroatoms. The van der Waals surface area contributed by atoms with Gasteiger partial charge in [0.25, 0.3) is 0 Å². The molecule has 0 amide bonds. The van der Waals surface area contributed by atoms with Crippen molar-refractivity contribution in [1.82, 2.24) is 4.90 Å². The summed E-state index contributed by atoms with van der Waals surface area (Å²) in [5, 5.41) is 14.8. The third-order valence-corrected chi connectivity index (χ3v) is 4.87. The van der Waals surface area contributed by atoms with Crippen LogP contribution in [0.5, 0.6) is 5.75 Å². The number of hydrogen-bond acceptors (Lipinski definition) is 6. The number of methoxy groups -OCH3 is 2. The number of likely N-dealkylation sites (tertiary alicyclic amines) is 1. The summed E-state index contributed by atoms with van der Waals surface area (Å²) in [6, 6.07) is 18.3. The van der Waals surface area contributed by atoms with Crippen LogP contribution in [0.4, 0.5) is 0 Å². The molecular formula is C22H25NO7. The Morgan fingerprint density at radius 1 is 0.933 bits per heavy atom. The number of benzene rings is 2. The van der Waals surface area contributed by atoms with Gasteiger partial charge in [-0.2, -0.15) is 0 Å². The van der Waals surface area contributed by atoms with Crippen LogP contribution in [-0.4, -0.2) is 60.3 Å². The smallest absolute Gasteiger partial charge is 0.414 e. The first-order chi connectivity index (χ1) is 14.4. The van der Waals surface area contributed by atoms with E-state index in [0.717, 1.165) is 24.4 Å². The zero-order valence-corrected chi connectivity index (χ0v) is 16.9. The van der Waals surface area contributed by atoms with Crippen molar-refractivity contribution >= 4 is 17.9 Å². The molecule has 3 rings (SSSR count). The van der Waals surface area contributed by atoms with Gasteiger partial charge in [-0.15, -0.1) is 0 Å². The lowest BCUT2D eigenvalue weighted by Gasteiger charge is -2.19. The predicted molar refractivity (Wildman–Crippen MR) is 108 cm³/mol. The molecule has 2 N–H and O–H groups in total. The lowest BCUT2D eigenvalue weighted by Crippen LogP contribution is -2.24. The molecule has 8 nitrogen and oxygen atoms in total. The van der Waals surface area contributed by atoms with E-state index in [4.69, 9.17) is 29.3 Å². The number of carbonyl (C=O) groups is 3. The van der Waals surface area contributed by atoms with Gasteiger partial charge in [-0.25, -0.2) is 9.59 Å². The summed E-state index contributed by atoms with van der Waals surface area (Å²) < 4.78 is 10.6. The molecule has 1 fully saturated rings. The molecular weight excluding hydrogens is 390 g/mol. The van der Waals surface area contributed by atoms with Crippen LogP contribution in [0, 0.1) is 5.92 Å². The summed E-state index contributed by atoms with van der Waals surface area (Å²) >= 11 is 0. The van der Waals surface area contributed by atoms with Crippen LogP contribution in [0.1, 0.15) is 17.0 Å². The Morgan fingerprint density at radius 2 is 1.53 bits per heavy atom. The molecule has 30 heavy (non-hydrogen) atoms. The number of ether oxygens (including phenoxy) is 2. The fraction of sp³-hybridized carbons (Fsp3) is 0.318. The third-order valence-electron chi connectivity index (χ3n) is 4.87. The summed E-state index contributed by atoms with van der Waals surface area (Å²) in [4.78, 5) is 32.8. The number of rotatable bonds is 5. The van der Waals surface area contributed by atoms with Gasteiger partial charge in [0.05, 0.1) is 20.1 Å². The van der Waals surface area contributed by atoms with Crippen LogP contribution in [-0.2, 0) is 25.7 Å².